The van der Waals surface area contributed by atoms with Crippen molar-refractivity contribution < 1.29 is 9.53 Å². The molecule has 2 N–H and O–H groups in total. The van der Waals surface area contributed by atoms with Crippen LogP contribution < -0.4 is 10.6 Å². The van der Waals surface area contributed by atoms with Crippen molar-refractivity contribution in [1.82, 2.24) is 5.32 Å². The van der Waals surface area contributed by atoms with E-state index in [1.54, 1.807) is 0 Å². The first-order chi connectivity index (χ1) is 9.72. The SMILES string of the molecule is CCc1ccc(CC)c(NC(=O)CC2COCCN2)c1. The van der Waals surface area contributed by atoms with E-state index in [1.807, 2.05) is 0 Å². The van der Waals surface area contributed by atoms with Crippen LogP contribution in [0, 0.1) is 0 Å². The molecule has 1 aliphatic heterocycles. The van der Waals surface area contributed by atoms with Crippen molar-refractivity contribution in [3.05, 3.63) is 29.3 Å². The van der Waals surface area contributed by atoms with E-state index in [1.165, 1.54) is 11.1 Å². The van der Waals surface area contributed by atoms with Crippen LogP contribution in [0.4, 0.5) is 5.69 Å². The van der Waals surface area contributed by atoms with Crippen molar-refractivity contribution in [3.8, 4) is 0 Å². The summed E-state index contributed by atoms with van der Waals surface area (Å²) < 4.78 is 5.37. The minimum Gasteiger partial charge on any atom is -0.378 e. The molecule has 1 aromatic carbocycles. The van der Waals surface area contributed by atoms with Crippen molar-refractivity contribution in [2.45, 2.75) is 39.2 Å². The lowest BCUT2D eigenvalue weighted by molar-refractivity contribution is -0.117. The predicted octanol–water partition coefficient (Wildman–Crippen LogP) is 2.13. The highest BCUT2D eigenvalue weighted by Crippen LogP contribution is 2.19. The average Bonchev–Trinajstić information content (AvgIpc) is 2.48. The molecular weight excluding hydrogens is 252 g/mol. The molecule has 1 saturated heterocycles. The minimum atomic E-state index is 0.0518. The van der Waals surface area contributed by atoms with Crippen LogP contribution in [0.15, 0.2) is 18.2 Å². The number of hydrogen-bond acceptors (Lipinski definition) is 3. The van der Waals surface area contributed by atoms with Crippen molar-refractivity contribution in [1.29, 1.82) is 0 Å². The van der Waals surface area contributed by atoms with Gasteiger partial charge in [-0.2, -0.15) is 0 Å². The third kappa shape index (κ3) is 4.05. The highest BCUT2D eigenvalue weighted by atomic mass is 16.5. The highest BCUT2D eigenvalue weighted by Gasteiger charge is 2.17. The molecular formula is C16H24N2O2. The third-order valence-electron chi connectivity index (χ3n) is 3.67. The van der Waals surface area contributed by atoms with Crippen LogP contribution >= 0.6 is 0 Å². The summed E-state index contributed by atoms with van der Waals surface area (Å²) in [7, 11) is 0. The Labute approximate surface area is 120 Å². The fourth-order valence-corrected chi connectivity index (χ4v) is 2.44. The number of hydrogen-bond donors (Lipinski definition) is 2. The van der Waals surface area contributed by atoms with Crippen molar-refractivity contribution in [2.75, 3.05) is 25.1 Å². The lowest BCUT2D eigenvalue weighted by atomic mass is 10.0. The molecule has 4 heteroatoms. The smallest absolute Gasteiger partial charge is 0.226 e. The van der Waals surface area contributed by atoms with Crippen LogP contribution in [0.5, 0.6) is 0 Å². The number of ether oxygens (including phenoxy) is 1. The van der Waals surface area contributed by atoms with Gasteiger partial charge < -0.3 is 15.4 Å². The molecule has 1 heterocycles. The Morgan fingerprint density at radius 1 is 1.40 bits per heavy atom. The van der Waals surface area contributed by atoms with Gasteiger partial charge in [-0.3, -0.25) is 4.79 Å². The second kappa shape index (κ2) is 7.41. The largest absolute Gasteiger partial charge is 0.378 e. The molecule has 0 saturated carbocycles. The zero-order chi connectivity index (χ0) is 14.4. The molecule has 0 aliphatic carbocycles. The summed E-state index contributed by atoms with van der Waals surface area (Å²) in [5.74, 6) is 0.0518. The lowest BCUT2D eigenvalue weighted by Crippen LogP contribution is -2.43. The van der Waals surface area contributed by atoms with Crippen LogP contribution in [-0.4, -0.2) is 31.7 Å². The molecule has 1 atom stereocenters. The van der Waals surface area contributed by atoms with E-state index in [4.69, 9.17) is 4.74 Å². The molecule has 2 rings (SSSR count). The molecule has 1 aromatic rings. The Bertz CT molecular complexity index is 454. The van der Waals surface area contributed by atoms with E-state index in [0.717, 1.165) is 31.7 Å². The first kappa shape index (κ1) is 15.0. The maximum atomic E-state index is 12.1. The summed E-state index contributed by atoms with van der Waals surface area (Å²) in [4.78, 5) is 12.1. The van der Waals surface area contributed by atoms with Crippen molar-refractivity contribution >= 4 is 11.6 Å². The van der Waals surface area contributed by atoms with Crippen LogP contribution in [0.3, 0.4) is 0 Å². The van der Waals surface area contributed by atoms with Gasteiger partial charge in [0.2, 0.25) is 5.91 Å². The van der Waals surface area contributed by atoms with Crippen LogP contribution in [0.2, 0.25) is 0 Å². The maximum Gasteiger partial charge on any atom is 0.226 e. The van der Waals surface area contributed by atoms with Gasteiger partial charge in [0, 0.05) is 24.7 Å². The first-order valence-electron chi connectivity index (χ1n) is 7.45. The van der Waals surface area contributed by atoms with E-state index in [0.29, 0.717) is 13.0 Å². The van der Waals surface area contributed by atoms with Gasteiger partial charge in [0.05, 0.1) is 13.2 Å². The van der Waals surface area contributed by atoms with E-state index in [-0.39, 0.29) is 11.9 Å². The number of anilines is 1. The number of aryl methyl sites for hydroxylation is 2. The topological polar surface area (TPSA) is 50.4 Å². The quantitative estimate of drug-likeness (QED) is 0.866. The van der Waals surface area contributed by atoms with Crippen molar-refractivity contribution in [2.24, 2.45) is 0 Å². The maximum absolute atomic E-state index is 12.1. The summed E-state index contributed by atoms with van der Waals surface area (Å²) in [5.41, 5.74) is 3.38. The highest BCUT2D eigenvalue weighted by molar-refractivity contribution is 5.92. The number of nitrogens with one attached hydrogen (secondary N) is 2. The van der Waals surface area contributed by atoms with E-state index >= 15 is 0 Å². The number of carbonyl (C=O) groups excluding carboxylic acids is 1. The van der Waals surface area contributed by atoms with Crippen molar-refractivity contribution in [3.63, 3.8) is 0 Å². The standard InChI is InChI=1S/C16H24N2O2/c1-3-12-5-6-13(4-2)15(9-12)18-16(19)10-14-11-20-8-7-17-14/h5-6,9,14,17H,3-4,7-8,10-11H2,1-2H3,(H,18,19). The molecule has 20 heavy (non-hydrogen) atoms. The van der Waals surface area contributed by atoms with Gasteiger partial charge in [0.15, 0.2) is 0 Å². The number of amides is 1. The number of morpholine rings is 1. The van der Waals surface area contributed by atoms with Gasteiger partial charge in [0.25, 0.3) is 0 Å². The fourth-order valence-electron chi connectivity index (χ4n) is 2.44. The fraction of sp³-hybridized carbons (Fsp3) is 0.562. The second-order valence-electron chi connectivity index (χ2n) is 5.18. The zero-order valence-corrected chi connectivity index (χ0v) is 12.4. The first-order valence-corrected chi connectivity index (χ1v) is 7.45. The zero-order valence-electron chi connectivity index (χ0n) is 12.4. The lowest BCUT2D eigenvalue weighted by Gasteiger charge is -2.23. The average molecular weight is 276 g/mol. The summed E-state index contributed by atoms with van der Waals surface area (Å²) in [5, 5.41) is 6.35. The van der Waals surface area contributed by atoms with E-state index < -0.39 is 0 Å². The van der Waals surface area contributed by atoms with Gasteiger partial charge >= 0.3 is 0 Å². The van der Waals surface area contributed by atoms with Crippen LogP contribution in [-0.2, 0) is 22.4 Å². The summed E-state index contributed by atoms with van der Waals surface area (Å²) in [6.45, 7) is 6.39. The Morgan fingerprint density at radius 2 is 2.25 bits per heavy atom. The molecule has 110 valence electrons. The summed E-state index contributed by atoms with van der Waals surface area (Å²) in [6, 6.07) is 6.45. The Hall–Kier alpha value is -1.39. The number of carbonyl (C=O) groups is 1. The Balaban J connectivity index is 1.98. The monoisotopic (exact) mass is 276 g/mol. The molecule has 1 unspecified atom stereocenters. The van der Waals surface area contributed by atoms with Gasteiger partial charge in [0.1, 0.15) is 0 Å². The molecule has 4 nitrogen and oxygen atoms in total. The predicted molar refractivity (Wildman–Crippen MR) is 81.1 cm³/mol. The Morgan fingerprint density at radius 3 is 2.90 bits per heavy atom. The minimum absolute atomic E-state index is 0.0518. The van der Waals surface area contributed by atoms with Gasteiger partial charge in [-0.05, 0) is 30.0 Å². The van der Waals surface area contributed by atoms with E-state index in [9.17, 15) is 4.79 Å². The van der Waals surface area contributed by atoms with Gasteiger partial charge in [-0.15, -0.1) is 0 Å². The third-order valence-corrected chi connectivity index (χ3v) is 3.67. The normalized spacial score (nSPS) is 18.8. The molecule has 0 aromatic heterocycles. The molecule has 0 radical (unpaired) electrons. The summed E-state index contributed by atoms with van der Waals surface area (Å²) in [6.07, 6.45) is 2.36. The van der Waals surface area contributed by atoms with Crippen LogP contribution in [0.25, 0.3) is 0 Å². The van der Waals surface area contributed by atoms with Crippen LogP contribution in [0.1, 0.15) is 31.4 Å². The van der Waals surface area contributed by atoms with Gasteiger partial charge in [-0.25, -0.2) is 0 Å². The molecule has 1 aliphatic rings. The number of benzene rings is 1. The summed E-state index contributed by atoms with van der Waals surface area (Å²) >= 11 is 0. The molecule has 0 spiro atoms. The molecule has 0 bridgehead atoms. The molecule has 1 fully saturated rings. The number of rotatable bonds is 5. The second-order valence-corrected chi connectivity index (χ2v) is 5.18. The Kier molecular flexibility index (Phi) is 5.56. The van der Waals surface area contributed by atoms with Gasteiger partial charge in [-0.1, -0.05) is 26.0 Å². The molecule has 1 amide bonds. The van der Waals surface area contributed by atoms with E-state index in [2.05, 4.69) is 42.7 Å².